The molecule has 1 N–H and O–H groups in total. The molecule has 0 aliphatic heterocycles. The molecule has 1 rings (SSSR count). The van der Waals surface area contributed by atoms with Gasteiger partial charge in [0.15, 0.2) is 0 Å². The minimum absolute atomic E-state index is 0.223. The summed E-state index contributed by atoms with van der Waals surface area (Å²) in [7, 11) is 0. The largest absolute Gasteiger partial charge is 0.314 e. The fourth-order valence-electron chi connectivity index (χ4n) is 2.08. The van der Waals surface area contributed by atoms with E-state index in [0.717, 1.165) is 31.4 Å². The van der Waals surface area contributed by atoms with E-state index in [1.807, 2.05) is 6.07 Å². The Morgan fingerprint density at radius 2 is 2.00 bits per heavy atom. The molecule has 1 unspecified atom stereocenters. The number of hydrogen-bond acceptors (Lipinski definition) is 1. The average molecular weight is 272 g/mol. The van der Waals surface area contributed by atoms with Crippen molar-refractivity contribution in [2.75, 3.05) is 6.54 Å². The van der Waals surface area contributed by atoms with E-state index in [2.05, 4.69) is 19.2 Å². The summed E-state index contributed by atoms with van der Waals surface area (Å²) in [5.74, 6) is -0.338. The van der Waals surface area contributed by atoms with E-state index in [4.69, 9.17) is 11.6 Å². The maximum atomic E-state index is 13.0. The summed E-state index contributed by atoms with van der Waals surface area (Å²) in [4.78, 5) is 0. The highest BCUT2D eigenvalue weighted by Crippen LogP contribution is 2.18. The highest BCUT2D eigenvalue weighted by Gasteiger charge is 2.08. The Hall–Kier alpha value is -0.600. The fraction of sp³-hybridized carbons (Fsp3) is 0.600. The Labute approximate surface area is 115 Å². The molecule has 0 amide bonds. The van der Waals surface area contributed by atoms with Gasteiger partial charge in [0.05, 0.1) is 5.02 Å². The van der Waals surface area contributed by atoms with Crippen LogP contribution in [0.3, 0.4) is 0 Å². The molecule has 0 aliphatic carbocycles. The topological polar surface area (TPSA) is 12.0 Å². The molecule has 102 valence electrons. The van der Waals surface area contributed by atoms with Gasteiger partial charge in [0, 0.05) is 6.04 Å². The molecule has 1 nitrogen and oxygen atoms in total. The lowest BCUT2D eigenvalue weighted by atomic mass is 10.0. The molecule has 0 saturated heterocycles. The number of aryl methyl sites for hydroxylation is 1. The lowest BCUT2D eigenvalue weighted by Gasteiger charge is -2.17. The molecule has 1 aromatic carbocycles. The second-order valence-electron chi connectivity index (χ2n) is 4.73. The summed E-state index contributed by atoms with van der Waals surface area (Å²) >= 11 is 5.78. The maximum Gasteiger partial charge on any atom is 0.141 e. The molecular formula is C15H23ClFN. The van der Waals surface area contributed by atoms with Gasteiger partial charge in [0.25, 0.3) is 0 Å². The summed E-state index contributed by atoms with van der Waals surface area (Å²) in [5.41, 5.74) is 1.11. The highest BCUT2D eigenvalue weighted by molar-refractivity contribution is 6.30. The first-order valence-electron chi connectivity index (χ1n) is 6.84. The summed E-state index contributed by atoms with van der Waals surface area (Å²) < 4.78 is 13.0. The van der Waals surface area contributed by atoms with E-state index in [9.17, 15) is 4.39 Å². The molecule has 0 radical (unpaired) electrons. The molecule has 3 heteroatoms. The van der Waals surface area contributed by atoms with Crippen molar-refractivity contribution in [2.45, 2.75) is 52.0 Å². The molecule has 0 aromatic heterocycles. The zero-order valence-electron chi connectivity index (χ0n) is 11.3. The standard InChI is InChI=1S/C15H23ClFN/c1-3-5-13(18-10-4-2)8-6-12-7-9-15(17)14(16)11-12/h7,9,11,13,18H,3-6,8,10H2,1-2H3. The smallest absolute Gasteiger partial charge is 0.141 e. The van der Waals surface area contributed by atoms with E-state index >= 15 is 0 Å². The number of rotatable bonds is 8. The number of nitrogens with one attached hydrogen (secondary N) is 1. The average Bonchev–Trinajstić information content (AvgIpc) is 2.37. The van der Waals surface area contributed by atoms with Gasteiger partial charge in [0.2, 0.25) is 0 Å². The van der Waals surface area contributed by atoms with Gasteiger partial charge in [-0.15, -0.1) is 0 Å². The molecule has 0 heterocycles. The normalized spacial score (nSPS) is 12.7. The van der Waals surface area contributed by atoms with Gasteiger partial charge < -0.3 is 5.32 Å². The van der Waals surface area contributed by atoms with Crippen LogP contribution in [0.15, 0.2) is 18.2 Å². The Morgan fingerprint density at radius 3 is 2.61 bits per heavy atom. The number of hydrogen-bond donors (Lipinski definition) is 1. The van der Waals surface area contributed by atoms with Crippen LogP contribution in [0.2, 0.25) is 5.02 Å². The van der Waals surface area contributed by atoms with Crippen molar-refractivity contribution < 1.29 is 4.39 Å². The molecule has 1 aromatic rings. The van der Waals surface area contributed by atoms with Gasteiger partial charge in [0.1, 0.15) is 5.82 Å². The molecule has 0 fully saturated rings. The van der Waals surface area contributed by atoms with Crippen molar-refractivity contribution in [2.24, 2.45) is 0 Å². The quantitative estimate of drug-likeness (QED) is 0.730. The number of halogens is 2. The van der Waals surface area contributed by atoms with E-state index in [1.54, 1.807) is 6.07 Å². The van der Waals surface area contributed by atoms with Crippen molar-refractivity contribution in [3.05, 3.63) is 34.6 Å². The summed E-state index contributed by atoms with van der Waals surface area (Å²) in [5, 5.41) is 3.78. The third-order valence-electron chi connectivity index (χ3n) is 3.09. The van der Waals surface area contributed by atoms with E-state index in [0.29, 0.717) is 6.04 Å². The van der Waals surface area contributed by atoms with Crippen LogP contribution in [0.1, 0.15) is 45.1 Å². The Balaban J connectivity index is 2.47. The van der Waals surface area contributed by atoms with Crippen LogP contribution in [0, 0.1) is 5.82 Å². The van der Waals surface area contributed by atoms with E-state index < -0.39 is 0 Å². The summed E-state index contributed by atoms with van der Waals surface area (Å²) in [6.07, 6.45) is 5.56. The van der Waals surface area contributed by atoms with Crippen LogP contribution in [-0.4, -0.2) is 12.6 Å². The minimum atomic E-state index is -0.338. The van der Waals surface area contributed by atoms with Crippen LogP contribution >= 0.6 is 11.6 Å². The van der Waals surface area contributed by atoms with Crippen molar-refractivity contribution in [3.8, 4) is 0 Å². The van der Waals surface area contributed by atoms with E-state index in [-0.39, 0.29) is 10.8 Å². The van der Waals surface area contributed by atoms with Gasteiger partial charge in [-0.1, -0.05) is 37.9 Å². The highest BCUT2D eigenvalue weighted by atomic mass is 35.5. The SMILES string of the molecule is CCCNC(CCC)CCc1ccc(F)c(Cl)c1. The van der Waals surface area contributed by atoms with E-state index in [1.165, 1.54) is 18.9 Å². The Morgan fingerprint density at radius 1 is 1.22 bits per heavy atom. The zero-order valence-corrected chi connectivity index (χ0v) is 12.1. The molecule has 0 bridgehead atoms. The monoisotopic (exact) mass is 271 g/mol. The van der Waals surface area contributed by atoms with Crippen molar-refractivity contribution >= 4 is 11.6 Å². The summed E-state index contributed by atoms with van der Waals surface area (Å²) in [6.45, 7) is 5.44. The lowest BCUT2D eigenvalue weighted by molar-refractivity contribution is 0.449. The van der Waals surface area contributed by atoms with Crippen molar-refractivity contribution in [1.29, 1.82) is 0 Å². The summed E-state index contributed by atoms with van der Waals surface area (Å²) in [6, 6.07) is 5.56. The van der Waals surface area contributed by atoms with Crippen LogP contribution in [0.4, 0.5) is 4.39 Å². The lowest BCUT2D eigenvalue weighted by Crippen LogP contribution is -2.30. The van der Waals surface area contributed by atoms with Crippen LogP contribution in [0.5, 0.6) is 0 Å². The molecular weight excluding hydrogens is 249 g/mol. The number of benzene rings is 1. The van der Waals surface area contributed by atoms with Crippen molar-refractivity contribution in [3.63, 3.8) is 0 Å². The predicted molar refractivity (Wildman–Crippen MR) is 76.7 cm³/mol. The van der Waals surface area contributed by atoms with Gasteiger partial charge in [-0.05, 0) is 49.9 Å². The first-order valence-corrected chi connectivity index (χ1v) is 7.22. The van der Waals surface area contributed by atoms with Crippen LogP contribution in [-0.2, 0) is 6.42 Å². The molecule has 0 saturated carbocycles. The van der Waals surface area contributed by atoms with Crippen molar-refractivity contribution in [1.82, 2.24) is 5.32 Å². The van der Waals surface area contributed by atoms with Gasteiger partial charge in [-0.3, -0.25) is 0 Å². The maximum absolute atomic E-state index is 13.0. The first-order chi connectivity index (χ1) is 8.67. The van der Waals surface area contributed by atoms with Gasteiger partial charge in [-0.25, -0.2) is 4.39 Å². The molecule has 0 spiro atoms. The Bertz CT molecular complexity index is 354. The third kappa shape index (κ3) is 5.36. The fourth-order valence-corrected chi connectivity index (χ4v) is 2.28. The third-order valence-corrected chi connectivity index (χ3v) is 3.38. The predicted octanol–water partition coefficient (Wildman–Crippen LogP) is 4.58. The van der Waals surface area contributed by atoms with Crippen LogP contribution in [0.25, 0.3) is 0 Å². The molecule has 1 atom stereocenters. The molecule has 18 heavy (non-hydrogen) atoms. The Kier molecular flexibility index (Phi) is 7.29. The molecule has 0 aliphatic rings. The van der Waals surface area contributed by atoms with Gasteiger partial charge in [-0.2, -0.15) is 0 Å². The van der Waals surface area contributed by atoms with Gasteiger partial charge >= 0.3 is 0 Å². The minimum Gasteiger partial charge on any atom is -0.314 e. The second-order valence-corrected chi connectivity index (χ2v) is 5.13. The first kappa shape index (κ1) is 15.5. The zero-order chi connectivity index (χ0) is 13.4. The van der Waals surface area contributed by atoms with Crippen LogP contribution < -0.4 is 5.32 Å². The second kappa shape index (κ2) is 8.49.